The maximum absolute atomic E-state index is 11.2. The van der Waals surface area contributed by atoms with Crippen LogP contribution < -0.4 is 0 Å². The van der Waals surface area contributed by atoms with Gasteiger partial charge >= 0.3 is 5.97 Å². The summed E-state index contributed by atoms with van der Waals surface area (Å²) in [6, 6.07) is 0. The number of aliphatic carboxylic acids is 1. The van der Waals surface area contributed by atoms with E-state index in [1.54, 1.807) is 25.2 Å². The Hall–Kier alpha value is -0.940. The Balaban J connectivity index is 2.80. The minimum atomic E-state index is -0.853. The molecule has 1 N–H and O–H groups in total. The van der Waals surface area contributed by atoms with Crippen molar-refractivity contribution in [2.24, 2.45) is 0 Å². The average molecular weight is 242 g/mol. The first-order valence-electron chi connectivity index (χ1n) is 5.27. The molecule has 0 saturated carbocycles. The summed E-state index contributed by atoms with van der Waals surface area (Å²) in [4.78, 5) is 17.4. The second-order valence-electron chi connectivity index (χ2n) is 4.26. The number of rotatable bonds is 5. The summed E-state index contributed by atoms with van der Waals surface area (Å²) in [5.41, 5.74) is 0.137. The fourth-order valence-electron chi connectivity index (χ4n) is 1.48. The lowest BCUT2D eigenvalue weighted by atomic mass is 10.0. The predicted molar refractivity (Wildman–Crippen MR) is 64.6 cm³/mol. The molecule has 5 heteroatoms. The molecule has 0 aliphatic carbocycles. The monoisotopic (exact) mass is 242 g/mol. The van der Waals surface area contributed by atoms with Crippen molar-refractivity contribution in [3.05, 3.63) is 16.1 Å². The van der Waals surface area contributed by atoms with Crippen molar-refractivity contribution in [3.8, 4) is 0 Å². The fraction of sp³-hybridized carbons (Fsp3) is 0.636. The van der Waals surface area contributed by atoms with Crippen LogP contribution in [0.4, 0.5) is 0 Å². The predicted octanol–water partition coefficient (Wildman–Crippen LogP) is 2.14. The Morgan fingerprint density at radius 2 is 2.25 bits per heavy atom. The molecule has 0 spiro atoms. The maximum atomic E-state index is 11.2. The van der Waals surface area contributed by atoms with Gasteiger partial charge in [0.1, 0.15) is 10.5 Å². The Morgan fingerprint density at radius 1 is 1.62 bits per heavy atom. The van der Waals surface area contributed by atoms with Gasteiger partial charge in [-0.15, -0.1) is 11.3 Å². The lowest BCUT2D eigenvalue weighted by molar-refractivity contribution is -0.149. The van der Waals surface area contributed by atoms with Gasteiger partial charge in [-0.05, 0) is 27.3 Å². The molecule has 90 valence electrons. The summed E-state index contributed by atoms with van der Waals surface area (Å²) in [6.45, 7) is 8.63. The summed E-state index contributed by atoms with van der Waals surface area (Å²) in [6.07, 6.45) is 0. The molecule has 0 atom stereocenters. The van der Waals surface area contributed by atoms with Gasteiger partial charge < -0.3 is 5.11 Å². The Bertz CT molecular complexity index is 374. The first-order valence-corrected chi connectivity index (χ1v) is 6.15. The van der Waals surface area contributed by atoms with E-state index in [1.165, 1.54) is 0 Å². The molecule has 0 bridgehead atoms. The number of aryl methyl sites for hydroxylation is 1. The van der Waals surface area contributed by atoms with Crippen LogP contribution in [0.3, 0.4) is 0 Å². The van der Waals surface area contributed by atoms with E-state index in [1.807, 2.05) is 24.1 Å². The van der Waals surface area contributed by atoms with Crippen LogP contribution in [0.15, 0.2) is 5.38 Å². The number of hydrogen-bond donors (Lipinski definition) is 1. The third kappa shape index (κ3) is 2.80. The van der Waals surface area contributed by atoms with Crippen LogP contribution in [0, 0.1) is 6.92 Å². The molecule has 1 heterocycles. The number of carbonyl (C=O) groups is 1. The number of thiazole rings is 1. The number of carboxylic acid groups (broad SMARTS) is 1. The van der Waals surface area contributed by atoms with Crippen molar-refractivity contribution >= 4 is 17.3 Å². The molecule has 0 saturated heterocycles. The van der Waals surface area contributed by atoms with Crippen LogP contribution in [-0.2, 0) is 11.3 Å². The van der Waals surface area contributed by atoms with E-state index < -0.39 is 11.5 Å². The molecule has 0 aromatic carbocycles. The third-order valence-electron chi connectivity index (χ3n) is 2.69. The molecule has 0 fully saturated rings. The van der Waals surface area contributed by atoms with Gasteiger partial charge in [0, 0.05) is 11.1 Å². The Morgan fingerprint density at radius 3 is 2.62 bits per heavy atom. The van der Waals surface area contributed by atoms with Gasteiger partial charge in [-0.1, -0.05) is 6.92 Å². The van der Waals surface area contributed by atoms with E-state index >= 15 is 0 Å². The molecule has 0 aliphatic heterocycles. The summed E-state index contributed by atoms with van der Waals surface area (Å²) in [5, 5.41) is 12.1. The second-order valence-corrected chi connectivity index (χ2v) is 5.20. The van der Waals surface area contributed by atoms with E-state index in [0.717, 1.165) is 10.7 Å². The zero-order valence-electron chi connectivity index (χ0n) is 10.1. The van der Waals surface area contributed by atoms with Gasteiger partial charge in [-0.3, -0.25) is 9.69 Å². The van der Waals surface area contributed by atoms with Crippen molar-refractivity contribution in [2.75, 3.05) is 6.54 Å². The van der Waals surface area contributed by atoms with E-state index in [2.05, 4.69) is 4.98 Å². The van der Waals surface area contributed by atoms with Gasteiger partial charge in [0.05, 0.1) is 6.54 Å². The number of aromatic nitrogens is 1. The zero-order chi connectivity index (χ0) is 12.3. The highest BCUT2D eigenvalue weighted by Crippen LogP contribution is 2.19. The smallest absolute Gasteiger partial charge is 0.323 e. The van der Waals surface area contributed by atoms with E-state index in [9.17, 15) is 4.79 Å². The first-order chi connectivity index (χ1) is 7.37. The summed E-state index contributed by atoms with van der Waals surface area (Å²) in [7, 11) is 0. The second kappa shape index (κ2) is 4.93. The van der Waals surface area contributed by atoms with Crippen molar-refractivity contribution in [2.45, 2.75) is 39.8 Å². The molecule has 16 heavy (non-hydrogen) atoms. The van der Waals surface area contributed by atoms with Crippen molar-refractivity contribution in [3.63, 3.8) is 0 Å². The van der Waals surface area contributed by atoms with Crippen LogP contribution >= 0.6 is 11.3 Å². The molecule has 0 unspecified atom stereocenters. The van der Waals surface area contributed by atoms with E-state index in [-0.39, 0.29) is 0 Å². The normalized spacial score (nSPS) is 12.1. The largest absolute Gasteiger partial charge is 0.480 e. The van der Waals surface area contributed by atoms with E-state index in [0.29, 0.717) is 13.1 Å². The number of likely N-dealkylation sites (N-methyl/N-ethyl adjacent to an activating group) is 1. The lowest BCUT2D eigenvalue weighted by Gasteiger charge is -2.33. The van der Waals surface area contributed by atoms with Crippen molar-refractivity contribution < 1.29 is 9.90 Å². The standard InChI is InChI=1S/C11H18N2O2S/c1-5-13(11(3,4)10(14)15)6-9-12-8(2)7-16-9/h7H,5-6H2,1-4H3,(H,14,15). The van der Waals surface area contributed by atoms with Gasteiger partial charge in [0.15, 0.2) is 0 Å². The molecule has 1 rings (SSSR count). The first kappa shape index (κ1) is 13.1. The highest BCUT2D eigenvalue weighted by molar-refractivity contribution is 7.09. The topological polar surface area (TPSA) is 53.4 Å². The number of carboxylic acids is 1. The van der Waals surface area contributed by atoms with Gasteiger partial charge in [0.2, 0.25) is 0 Å². The molecule has 1 aromatic rings. The van der Waals surface area contributed by atoms with Crippen molar-refractivity contribution in [1.82, 2.24) is 9.88 Å². The molecular formula is C11H18N2O2S. The van der Waals surface area contributed by atoms with Gasteiger partial charge in [-0.2, -0.15) is 0 Å². The number of hydrogen-bond acceptors (Lipinski definition) is 4. The van der Waals surface area contributed by atoms with E-state index in [4.69, 9.17) is 5.11 Å². The fourth-order valence-corrected chi connectivity index (χ4v) is 2.26. The summed E-state index contributed by atoms with van der Waals surface area (Å²) in [5.74, 6) is -0.803. The minimum absolute atomic E-state index is 0.592. The highest BCUT2D eigenvalue weighted by atomic mass is 32.1. The molecular weight excluding hydrogens is 224 g/mol. The average Bonchev–Trinajstić information content (AvgIpc) is 2.60. The Kier molecular flexibility index (Phi) is 4.04. The quantitative estimate of drug-likeness (QED) is 0.859. The minimum Gasteiger partial charge on any atom is -0.480 e. The van der Waals surface area contributed by atoms with Crippen LogP contribution in [0.25, 0.3) is 0 Å². The van der Waals surface area contributed by atoms with Crippen LogP contribution in [-0.4, -0.2) is 33.0 Å². The molecule has 0 radical (unpaired) electrons. The highest BCUT2D eigenvalue weighted by Gasteiger charge is 2.33. The maximum Gasteiger partial charge on any atom is 0.323 e. The zero-order valence-corrected chi connectivity index (χ0v) is 11.0. The molecule has 4 nitrogen and oxygen atoms in total. The van der Waals surface area contributed by atoms with Crippen LogP contribution in [0.2, 0.25) is 0 Å². The molecule has 0 aliphatic rings. The third-order valence-corrected chi connectivity index (χ3v) is 3.64. The Labute approximate surface area is 99.9 Å². The number of nitrogens with zero attached hydrogens (tertiary/aromatic N) is 2. The lowest BCUT2D eigenvalue weighted by Crippen LogP contribution is -2.49. The molecule has 0 amide bonds. The van der Waals surface area contributed by atoms with Gasteiger partial charge in [0.25, 0.3) is 0 Å². The van der Waals surface area contributed by atoms with Crippen molar-refractivity contribution in [1.29, 1.82) is 0 Å². The van der Waals surface area contributed by atoms with Crippen LogP contribution in [0.5, 0.6) is 0 Å². The summed E-state index contributed by atoms with van der Waals surface area (Å²) < 4.78 is 0. The van der Waals surface area contributed by atoms with Crippen LogP contribution in [0.1, 0.15) is 31.5 Å². The molecule has 1 aromatic heterocycles. The van der Waals surface area contributed by atoms with Gasteiger partial charge in [-0.25, -0.2) is 4.98 Å². The summed E-state index contributed by atoms with van der Waals surface area (Å²) >= 11 is 1.58. The SMILES string of the molecule is CCN(Cc1nc(C)cs1)C(C)(C)C(=O)O.